The largest absolute Gasteiger partial charge is 0.487 e. The molecule has 2 N–H and O–H groups in total. The smallest absolute Gasteiger partial charge is 0.134 e. The van der Waals surface area contributed by atoms with Gasteiger partial charge >= 0.3 is 0 Å². The second-order valence-corrected chi connectivity index (χ2v) is 7.33. The van der Waals surface area contributed by atoms with Gasteiger partial charge in [-0.25, -0.2) is 0 Å². The van der Waals surface area contributed by atoms with Crippen LogP contribution in [0.5, 0.6) is 5.75 Å². The van der Waals surface area contributed by atoms with Crippen molar-refractivity contribution in [2.45, 2.75) is 32.4 Å². The zero-order valence-corrected chi connectivity index (χ0v) is 15.2. The molecule has 2 aromatic rings. The van der Waals surface area contributed by atoms with E-state index in [4.69, 9.17) is 10.5 Å². The third kappa shape index (κ3) is 4.32. The lowest BCUT2D eigenvalue weighted by molar-refractivity contribution is 0.307. The molecule has 1 atom stereocenters. The van der Waals surface area contributed by atoms with Crippen LogP contribution >= 0.6 is 43.2 Å². The highest BCUT2D eigenvalue weighted by molar-refractivity contribution is 9.10. The van der Waals surface area contributed by atoms with Gasteiger partial charge in [-0.2, -0.15) is 0 Å². The fraction of sp³-hybridized carbons (Fsp3) is 0.333. The maximum Gasteiger partial charge on any atom is 0.134 e. The molecule has 0 radical (unpaired) electrons. The normalized spacial score (nSPS) is 12.4. The first kappa shape index (κ1) is 16.0. The van der Waals surface area contributed by atoms with Crippen molar-refractivity contribution >= 4 is 43.2 Å². The Morgan fingerprint density at radius 2 is 2.05 bits per heavy atom. The van der Waals surface area contributed by atoms with E-state index >= 15 is 0 Å². The van der Waals surface area contributed by atoms with Gasteiger partial charge in [0.1, 0.15) is 12.4 Å². The topological polar surface area (TPSA) is 35.2 Å². The second-order valence-electron chi connectivity index (χ2n) is 4.62. The molecule has 5 heteroatoms. The van der Waals surface area contributed by atoms with Crippen molar-refractivity contribution in [3.05, 3.63) is 49.0 Å². The molecule has 1 unspecified atom stereocenters. The van der Waals surface area contributed by atoms with Crippen LogP contribution in [0.4, 0.5) is 0 Å². The highest BCUT2D eigenvalue weighted by atomic mass is 79.9. The van der Waals surface area contributed by atoms with Crippen LogP contribution in [-0.4, -0.2) is 6.04 Å². The van der Waals surface area contributed by atoms with E-state index in [1.165, 1.54) is 10.4 Å². The van der Waals surface area contributed by atoms with Gasteiger partial charge in [0.2, 0.25) is 0 Å². The molecule has 0 bridgehead atoms. The maximum atomic E-state index is 5.98. The van der Waals surface area contributed by atoms with Crippen LogP contribution < -0.4 is 10.5 Å². The number of hydrogen-bond donors (Lipinski definition) is 1. The Bertz CT molecular complexity index is 571. The number of ether oxygens (including phenoxy) is 1. The predicted molar refractivity (Wildman–Crippen MR) is 92.5 cm³/mol. The van der Waals surface area contributed by atoms with E-state index in [1.807, 2.05) is 17.5 Å². The van der Waals surface area contributed by atoms with E-state index in [9.17, 15) is 0 Å². The van der Waals surface area contributed by atoms with Gasteiger partial charge in [0.25, 0.3) is 0 Å². The van der Waals surface area contributed by atoms with Gasteiger partial charge in [0, 0.05) is 10.5 Å². The maximum absolute atomic E-state index is 5.98. The molecule has 2 nitrogen and oxygen atoms in total. The molecule has 0 spiro atoms. The van der Waals surface area contributed by atoms with Crippen molar-refractivity contribution < 1.29 is 4.74 Å². The average Bonchev–Trinajstić information content (AvgIpc) is 2.83. The molecule has 108 valence electrons. The molecular weight excluding hydrogens is 402 g/mol. The highest BCUT2D eigenvalue weighted by Gasteiger charge is 2.08. The van der Waals surface area contributed by atoms with Crippen LogP contribution in [0.3, 0.4) is 0 Å². The molecule has 2 rings (SSSR count). The summed E-state index contributed by atoms with van der Waals surface area (Å²) in [4.78, 5) is 1.19. The zero-order valence-electron chi connectivity index (χ0n) is 11.2. The Morgan fingerprint density at radius 3 is 2.65 bits per heavy atom. The number of halogens is 2. The van der Waals surface area contributed by atoms with Crippen molar-refractivity contribution in [3.8, 4) is 5.75 Å². The summed E-state index contributed by atoms with van der Waals surface area (Å²) < 4.78 is 7.93. The Labute approximate surface area is 140 Å². The van der Waals surface area contributed by atoms with Crippen molar-refractivity contribution in [3.63, 3.8) is 0 Å². The minimum absolute atomic E-state index is 0.218. The number of nitrogens with two attached hydrogens (primary N) is 1. The van der Waals surface area contributed by atoms with Crippen molar-refractivity contribution in [1.82, 2.24) is 0 Å². The first-order valence-electron chi connectivity index (χ1n) is 6.48. The summed E-state index contributed by atoms with van der Waals surface area (Å²) in [5.74, 6) is 0.860. The minimum Gasteiger partial charge on any atom is -0.487 e. The summed E-state index contributed by atoms with van der Waals surface area (Å²) in [6.45, 7) is 2.68. The van der Waals surface area contributed by atoms with Gasteiger partial charge in [-0.15, -0.1) is 11.3 Å². The fourth-order valence-electron chi connectivity index (χ4n) is 1.81. The van der Waals surface area contributed by atoms with Crippen molar-refractivity contribution in [2.75, 3.05) is 0 Å². The molecule has 0 saturated carbocycles. The molecule has 1 aromatic carbocycles. The molecule has 1 heterocycles. The van der Waals surface area contributed by atoms with E-state index in [0.29, 0.717) is 6.61 Å². The van der Waals surface area contributed by atoms with Crippen LogP contribution in [0.2, 0.25) is 0 Å². The molecule has 0 fully saturated rings. The Hall–Kier alpha value is -0.360. The Morgan fingerprint density at radius 1 is 1.25 bits per heavy atom. The molecular formula is C15H17Br2NOS. The lowest BCUT2D eigenvalue weighted by atomic mass is 10.0. The van der Waals surface area contributed by atoms with E-state index in [1.54, 1.807) is 11.3 Å². The average molecular weight is 419 g/mol. The van der Waals surface area contributed by atoms with Crippen LogP contribution in [0.15, 0.2) is 38.6 Å². The number of benzene rings is 1. The SMILES string of the molecule is CCC(N)Cc1ccc(OCc2sccc2Br)c(Br)c1. The summed E-state index contributed by atoms with van der Waals surface area (Å²) in [5.41, 5.74) is 7.21. The summed E-state index contributed by atoms with van der Waals surface area (Å²) in [6, 6.07) is 8.43. The lowest BCUT2D eigenvalue weighted by Crippen LogP contribution is -2.21. The molecule has 0 amide bonds. The minimum atomic E-state index is 0.218. The van der Waals surface area contributed by atoms with Crippen LogP contribution in [-0.2, 0) is 13.0 Å². The first-order valence-corrected chi connectivity index (χ1v) is 8.95. The third-order valence-corrected chi connectivity index (χ3v) is 5.59. The predicted octanol–water partition coefficient (Wildman–Crippen LogP) is 5.13. The van der Waals surface area contributed by atoms with Gasteiger partial charge in [0.05, 0.1) is 9.35 Å². The highest BCUT2D eigenvalue weighted by Crippen LogP contribution is 2.29. The van der Waals surface area contributed by atoms with E-state index in [-0.39, 0.29) is 6.04 Å². The summed E-state index contributed by atoms with van der Waals surface area (Å²) in [6.07, 6.45) is 1.88. The van der Waals surface area contributed by atoms with E-state index in [0.717, 1.165) is 27.5 Å². The lowest BCUT2D eigenvalue weighted by Gasteiger charge is -2.12. The first-order chi connectivity index (χ1) is 9.60. The van der Waals surface area contributed by atoms with Crippen molar-refractivity contribution in [2.24, 2.45) is 5.73 Å². The number of hydrogen-bond acceptors (Lipinski definition) is 3. The third-order valence-electron chi connectivity index (χ3n) is 3.07. The standard InChI is InChI=1S/C15H17Br2NOS/c1-2-11(18)7-10-3-4-14(13(17)8-10)19-9-15-12(16)5-6-20-15/h3-6,8,11H,2,7,9,18H2,1H3. The molecule has 0 saturated heterocycles. The number of thiophene rings is 1. The summed E-state index contributed by atoms with van der Waals surface area (Å²) in [7, 11) is 0. The van der Waals surface area contributed by atoms with E-state index in [2.05, 4.69) is 50.9 Å². The van der Waals surface area contributed by atoms with Gasteiger partial charge in [-0.1, -0.05) is 13.0 Å². The molecule has 0 aliphatic rings. The van der Waals surface area contributed by atoms with Gasteiger partial charge < -0.3 is 10.5 Å². The monoisotopic (exact) mass is 417 g/mol. The summed E-state index contributed by atoms with van der Waals surface area (Å²) in [5, 5.41) is 2.05. The zero-order chi connectivity index (χ0) is 14.5. The molecule has 1 aromatic heterocycles. The molecule has 0 aliphatic carbocycles. The summed E-state index contributed by atoms with van der Waals surface area (Å²) >= 11 is 8.76. The van der Waals surface area contributed by atoms with Gasteiger partial charge in [-0.3, -0.25) is 0 Å². The molecule has 20 heavy (non-hydrogen) atoms. The quantitative estimate of drug-likeness (QED) is 0.705. The fourth-order valence-corrected chi connectivity index (χ4v) is 3.73. The van der Waals surface area contributed by atoms with Crippen LogP contribution in [0.25, 0.3) is 0 Å². The Balaban J connectivity index is 2.01. The van der Waals surface area contributed by atoms with Crippen molar-refractivity contribution in [1.29, 1.82) is 0 Å². The van der Waals surface area contributed by atoms with Gasteiger partial charge in [0.15, 0.2) is 0 Å². The van der Waals surface area contributed by atoms with E-state index < -0.39 is 0 Å². The van der Waals surface area contributed by atoms with Crippen LogP contribution in [0, 0.1) is 0 Å². The second kappa shape index (κ2) is 7.59. The number of rotatable bonds is 6. The Kier molecular flexibility index (Phi) is 6.08. The van der Waals surface area contributed by atoms with Gasteiger partial charge in [-0.05, 0) is 73.8 Å². The molecule has 0 aliphatic heterocycles. The van der Waals surface area contributed by atoms with Crippen LogP contribution in [0.1, 0.15) is 23.8 Å².